The zero-order valence-electron chi connectivity index (χ0n) is 9.52. The maximum absolute atomic E-state index is 6.42. The average molecular weight is 189 g/mol. The number of fused-ring (bicyclic) bond motifs is 1. The predicted octanol–water partition coefficient (Wildman–Crippen LogP) is 2.75. The molecule has 1 aliphatic rings. The van der Waals surface area contributed by atoms with Gasteiger partial charge in [0.1, 0.15) is 0 Å². The summed E-state index contributed by atoms with van der Waals surface area (Å²) >= 11 is 0. The Balaban J connectivity index is 2.60. The maximum atomic E-state index is 6.42. The first-order valence-electron chi connectivity index (χ1n) is 5.23. The van der Waals surface area contributed by atoms with E-state index in [-0.39, 0.29) is 11.0 Å². The van der Waals surface area contributed by atoms with Gasteiger partial charge in [-0.2, -0.15) is 0 Å². The first-order chi connectivity index (χ1) is 6.34. The minimum absolute atomic E-state index is 0.170. The van der Waals surface area contributed by atoms with Crippen molar-refractivity contribution in [2.45, 2.75) is 39.7 Å². The third-order valence-electron chi connectivity index (χ3n) is 3.86. The van der Waals surface area contributed by atoms with Crippen molar-refractivity contribution in [1.29, 1.82) is 0 Å². The standard InChI is InChI=1S/C13H19N/c1-9-5-6-11-10(7-9)8-12(2,3)13(11,4)14/h5-7H,8,14H2,1-4H3. The van der Waals surface area contributed by atoms with Gasteiger partial charge in [-0.15, -0.1) is 0 Å². The zero-order valence-corrected chi connectivity index (χ0v) is 9.52. The largest absolute Gasteiger partial charge is 0.321 e. The van der Waals surface area contributed by atoms with E-state index in [4.69, 9.17) is 5.73 Å². The molecule has 1 aromatic rings. The Morgan fingerprint density at radius 1 is 1.21 bits per heavy atom. The van der Waals surface area contributed by atoms with Crippen LogP contribution in [-0.4, -0.2) is 0 Å². The van der Waals surface area contributed by atoms with Gasteiger partial charge in [0.15, 0.2) is 0 Å². The second-order valence-electron chi connectivity index (χ2n) is 5.42. The number of hydrogen-bond acceptors (Lipinski definition) is 1. The molecule has 0 heterocycles. The molecule has 1 heteroatoms. The molecule has 1 nitrogen and oxygen atoms in total. The molecule has 0 bridgehead atoms. The number of hydrogen-bond donors (Lipinski definition) is 1. The van der Waals surface area contributed by atoms with E-state index in [0.29, 0.717) is 0 Å². The Labute approximate surface area is 86.3 Å². The molecule has 1 unspecified atom stereocenters. The lowest BCUT2D eigenvalue weighted by Gasteiger charge is -2.35. The predicted molar refractivity (Wildman–Crippen MR) is 60.2 cm³/mol. The van der Waals surface area contributed by atoms with Gasteiger partial charge in [-0.1, -0.05) is 37.6 Å². The van der Waals surface area contributed by atoms with Crippen LogP contribution in [0.3, 0.4) is 0 Å². The molecule has 0 saturated carbocycles. The molecule has 0 aromatic heterocycles. The molecular weight excluding hydrogens is 170 g/mol. The van der Waals surface area contributed by atoms with Crippen molar-refractivity contribution in [3.63, 3.8) is 0 Å². The van der Waals surface area contributed by atoms with Crippen molar-refractivity contribution < 1.29 is 0 Å². The Morgan fingerprint density at radius 3 is 2.50 bits per heavy atom. The van der Waals surface area contributed by atoms with Crippen LogP contribution in [0.2, 0.25) is 0 Å². The number of aryl methyl sites for hydroxylation is 1. The monoisotopic (exact) mass is 189 g/mol. The number of benzene rings is 1. The van der Waals surface area contributed by atoms with Crippen molar-refractivity contribution in [1.82, 2.24) is 0 Å². The van der Waals surface area contributed by atoms with Crippen molar-refractivity contribution in [2.75, 3.05) is 0 Å². The molecule has 1 atom stereocenters. The van der Waals surface area contributed by atoms with Gasteiger partial charge in [-0.3, -0.25) is 0 Å². The van der Waals surface area contributed by atoms with Crippen molar-refractivity contribution in [3.8, 4) is 0 Å². The molecule has 1 aromatic carbocycles. The lowest BCUT2D eigenvalue weighted by Crippen LogP contribution is -2.43. The van der Waals surface area contributed by atoms with Crippen LogP contribution in [0.1, 0.15) is 37.5 Å². The van der Waals surface area contributed by atoms with E-state index in [1.807, 2.05) is 0 Å². The second kappa shape index (κ2) is 2.60. The van der Waals surface area contributed by atoms with Crippen LogP contribution in [0.15, 0.2) is 18.2 Å². The molecule has 2 N–H and O–H groups in total. The molecular formula is C13H19N. The summed E-state index contributed by atoms with van der Waals surface area (Å²) in [5.41, 5.74) is 10.5. The Bertz CT molecular complexity index is 375. The highest BCUT2D eigenvalue weighted by atomic mass is 14.8. The van der Waals surface area contributed by atoms with E-state index >= 15 is 0 Å². The summed E-state index contributed by atoms with van der Waals surface area (Å²) in [5.74, 6) is 0. The van der Waals surface area contributed by atoms with Crippen LogP contribution in [0.4, 0.5) is 0 Å². The van der Waals surface area contributed by atoms with Gasteiger partial charge in [-0.05, 0) is 36.8 Å². The molecule has 0 fully saturated rings. The molecule has 76 valence electrons. The van der Waals surface area contributed by atoms with Gasteiger partial charge >= 0.3 is 0 Å². The fourth-order valence-electron chi connectivity index (χ4n) is 2.40. The third-order valence-corrected chi connectivity index (χ3v) is 3.86. The summed E-state index contributed by atoms with van der Waals surface area (Å²) in [7, 11) is 0. The SMILES string of the molecule is Cc1ccc2c(c1)CC(C)(C)C2(C)N. The molecule has 0 spiro atoms. The number of rotatable bonds is 0. The highest BCUT2D eigenvalue weighted by molar-refractivity contribution is 5.43. The summed E-state index contributed by atoms with van der Waals surface area (Å²) in [4.78, 5) is 0. The van der Waals surface area contributed by atoms with Crippen LogP contribution >= 0.6 is 0 Å². The van der Waals surface area contributed by atoms with E-state index in [1.165, 1.54) is 16.7 Å². The molecule has 0 aliphatic heterocycles. The molecule has 2 rings (SSSR count). The van der Waals surface area contributed by atoms with Gasteiger partial charge in [0.05, 0.1) is 0 Å². The molecule has 1 aliphatic carbocycles. The van der Waals surface area contributed by atoms with Crippen LogP contribution < -0.4 is 5.73 Å². The fraction of sp³-hybridized carbons (Fsp3) is 0.538. The smallest absolute Gasteiger partial charge is 0.0438 e. The van der Waals surface area contributed by atoms with Crippen molar-refractivity contribution in [3.05, 3.63) is 34.9 Å². The summed E-state index contributed by atoms with van der Waals surface area (Å²) in [5, 5.41) is 0. The topological polar surface area (TPSA) is 26.0 Å². The lowest BCUT2D eigenvalue weighted by molar-refractivity contribution is 0.211. The summed E-state index contributed by atoms with van der Waals surface area (Å²) in [6.45, 7) is 8.79. The van der Waals surface area contributed by atoms with Crippen LogP contribution in [0.5, 0.6) is 0 Å². The van der Waals surface area contributed by atoms with Gasteiger partial charge in [0, 0.05) is 5.54 Å². The summed E-state index contributed by atoms with van der Waals surface area (Å²) < 4.78 is 0. The van der Waals surface area contributed by atoms with Crippen LogP contribution in [0, 0.1) is 12.3 Å². The van der Waals surface area contributed by atoms with Crippen LogP contribution in [-0.2, 0) is 12.0 Å². The average Bonchev–Trinajstić information content (AvgIpc) is 2.18. The van der Waals surface area contributed by atoms with E-state index in [1.54, 1.807) is 0 Å². The quantitative estimate of drug-likeness (QED) is 0.667. The van der Waals surface area contributed by atoms with Gasteiger partial charge in [0.25, 0.3) is 0 Å². The normalized spacial score (nSPS) is 28.9. The number of nitrogens with two attached hydrogens (primary N) is 1. The fourth-order valence-corrected chi connectivity index (χ4v) is 2.40. The van der Waals surface area contributed by atoms with Crippen molar-refractivity contribution in [2.24, 2.45) is 11.1 Å². The Hall–Kier alpha value is -0.820. The maximum Gasteiger partial charge on any atom is 0.0438 e. The van der Waals surface area contributed by atoms with Gasteiger partial charge in [-0.25, -0.2) is 0 Å². The van der Waals surface area contributed by atoms with Crippen molar-refractivity contribution >= 4 is 0 Å². The summed E-state index contributed by atoms with van der Waals surface area (Å²) in [6, 6.07) is 6.62. The molecule has 14 heavy (non-hydrogen) atoms. The van der Waals surface area contributed by atoms with E-state index in [9.17, 15) is 0 Å². The van der Waals surface area contributed by atoms with Crippen LogP contribution in [0.25, 0.3) is 0 Å². The highest BCUT2D eigenvalue weighted by Crippen LogP contribution is 2.47. The summed E-state index contributed by atoms with van der Waals surface area (Å²) in [6.07, 6.45) is 1.09. The molecule has 0 saturated heterocycles. The first kappa shape index (κ1) is 9.72. The highest BCUT2D eigenvalue weighted by Gasteiger charge is 2.45. The Kier molecular flexibility index (Phi) is 1.81. The Morgan fingerprint density at radius 2 is 1.86 bits per heavy atom. The minimum atomic E-state index is -0.184. The van der Waals surface area contributed by atoms with Gasteiger partial charge in [0.2, 0.25) is 0 Å². The van der Waals surface area contributed by atoms with E-state index < -0.39 is 0 Å². The molecule has 0 radical (unpaired) electrons. The first-order valence-corrected chi connectivity index (χ1v) is 5.23. The second-order valence-corrected chi connectivity index (χ2v) is 5.42. The van der Waals surface area contributed by atoms with E-state index in [2.05, 4.69) is 45.9 Å². The van der Waals surface area contributed by atoms with Gasteiger partial charge < -0.3 is 5.73 Å². The minimum Gasteiger partial charge on any atom is -0.321 e. The van der Waals surface area contributed by atoms with E-state index in [0.717, 1.165) is 6.42 Å². The molecule has 0 amide bonds. The third kappa shape index (κ3) is 1.12. The lowest BCUT2D eigenvalue weighted by atomic mass is 9.75. The zero-order chi connectivity index (χ0) is 10.6.